The number of pyridine rings is 1. The number of benzene rings is 2. The number of rotatable bonds is 6. The standard InChI is InChI=1S/C24H18N4O4/c1-30-18-5-2-16(3-6-18)24-27-20(14-31-24)22-19-12-17(4-7-21(19)32-28-22)23(29)26-13-15-8-10-25-11-9-15/h2-12,14H,13H2,1H3,(H,26,29). The van der Waals surface area contributed by atoms with Gasteiger partial charge in [0, 0.05) is 30.1 Å². The summed E-state index contributed by atoms with van der Waals surface area (Å²) in [5, 5.41) is 7.72. The van der Waals surface area contributed by atoms with E-state index in [1.165, 1.54) is 6.26 Å². The van der Waals surface area contributed by atoms with Crippen molar-refractivity contribution in [3.8, 4) is 28.6 Å². The topological polar surface area (TPSA) is 103 Å². The third kappa shape index (κ3) is 3.81. The van der Waals surface area contributed by atoms with Gasteiger partial charge in [-0.05, 0) is 60.2 Å². The number of amides is 1. The number of nitrogens with one attached hydrogen (secondary N) is 1. The van der Waals surface area contributed by atoms with Crippen molar-refractivity contribution < 1.29 is 18.5 Å². The molecule has 0 aliphatic heterocycles. The van der Waals surface area contributed by atoms with Crippen molar-refractivity contribution in [1.82, 2.24) is 20.4 Å². The molecule has 2 aromatic carbocycles. The minimum Gasteiger partial charge on any atom is -0.497 e. The number of fused-ring (bicyclic) bond motifs is 1. The number of carbonyl (C=O) groups excluding carboxylic acids is 1. The molecule has 3 heterocycles. The van der Waals surface area contributed by atoms with Gasteiger partial charge in [-0.2, -0.15) is 0 Å². The molecule has 0 fully saturated rings. The highest BCUT2D eigenvalue weighted by atomic mass is 16.5. The summed E-state index contributed by atoms with van der Waals surface area (Å²) in [6.07, 6.45) is 4.90. The average Bonchev–Trinajstić information content (AvgIpc) is 3.50. The summed E-state index contributed by atoms with van der Waals surface area (Å²) >= 11 is 0. The van der Waals surface area contributed by atoms with Gasteiger partial charge in [-0.15, -0.1) is 0 Å². The summed E-state index contributed by atoms with van der Waals surface area (Å²) in [4.78, 5) is 21.2. The van der Waals surface area contributed by atoms with Crippen molar-refractivity contribution in [3.63, 3.8) is 0 Å². The Labute approximate surface area is 182 Å². The van der Waals surface area contributed by atoms with Crippen molar-refractivity contribution in [2.75, 3.05) is 7.11 Å². The van der Waals surface area contributed by atoms with E-state index in [0.717, 1.165) is 16.9 Å². The first-order valence-corrected chi connectivity index (χ1v) is 9.88. The minimum atomic E-state index is -0.199. The van der Waals surface area contributed by atoms with Gasteiger partial charge in [-0.25, -0.2) is 4.98 Å². The predicted molar refractivity (Wildman–Crippen MR) is 117 cm³/mol. The molecule has 3 aromatic heterocycles. The van der Waals surface area contributed by atoms with E-state index in [2.05, 4.69) is 20.4 Å². The molecule has 0 saturated carbocycles. The van der Waals surface area contributed by atoms with Crippen LogP contribution in [0.15, 0.2) is 82.2 Å². The summed E-state index contributed by atoms with van der Waals surface area (Å²) in [7, 11) is 1.61. The van der Waals surface area contributed by atoms with Crippen LogP contribution in [0.5, 0.6) is 5.75 Å². The third-order valence-electron chi connectivity index (χ3n) is 5.02. The van der Waals surface area contributed by atoms with E-state index in [9.17, 15) is 4.79 Å². The number of carbonyl (C=O) groups is 1. The van der Waals surface area contributed by atoms with E-state index >= 15 is 0 Å². The van der Waals surface area contributed by atoms with Crippen molar-refractivity contribution in [2.24, 2.45) is 0 Å². The summed E-state index contributed by atoms with van der Waals surface area (Å²) in [5.41, 5.74) is 3.85. The van der Waals surface area contributed by atoms with Crippen LogP contribution in [0, 0.1) is 0 Å². The Morgan fingerprint density at radius 1 is 1.06 bits per heavy atom. The Hall–Kier alpha value is -4.46. The molecule has 0 aliphatic rings. The zero-order valence-corrected chi connectivity index (χ0v) is 17.1. The fraction of sp³-hybridized carbons (Fsp3) is 0.0833. The highest BCUT2D eigenvalue weighted by molar-refractivity contribution is 6.00. The molecule has 0 unspecified atom stereocenters. The number of hydrogen-bond acceptors (Lipinski definition) is 7. The number of methoxy groups -OCH3 is 1. The Morgan fingerprint density at radius 3 is 2.66 bits per heavy atom. The molecule has 0 bridgehead atoms. The highest BCUT2D eigenvalue weighted by Crippen LogP contribution is 2.31. The number of oxazole rings is 1. The van der Waals surface area contributed by atoms with Gasteiger partial charge in [0.1, 0.15) is 23.4 Å². The lowest BCUT2D eigenvalue weighted by Crippen LogP contribution is -2.22. The van der Waals surface area contributed by atoms with E-state index in [4.69, 9.17) is 13.7 Å². The summed E-state index contributed by atoms with van der Waals surface area (Å²) in [5.74, 6) is 0.998. The minimum absolute atomic E-state index is 0.199. The van der Waals surface area contributed by atoms with Crippen molar-refractivity contribution in [1.29, 1.82) is 0 Å². The Morgan fingerprint density at radius 2 is 1.88 bits per heavy atom. The van der Waals surface area contributed by atoms with Gasteiger partial charge in [0.2, 0.25) is 5.89 Å². The van der Waals surface area contributed by atoms with Gasteiger partial charge >= 0.3 is 0 Å². The van der Waals surface area contributed by atoms with Crippen LogP contribution in [-0.2, 0) is 6.54 Å². The SMILES string of the molecule is COc1ccc(-c2nc(-c3noc4ccc(C(=O)NCc5ccncc5)cc34)co2)cc1. The van der Waals surface area contributed by atoms with Crippen LogP contribution in [0.1, 0.15) is 15.9 Å². The lowest BCUT2D eigenvalue weighted by Gasteiger charge is -2.05. The first-order chi connectivity index (χ1) is 15.7. The molecule has 5 aromatic rings. The molecule has 0 radical (unpaired) electrons. The maximum absolute atomic E-state index is 12.7. The second-order valence-corrected chi connectivity index (χ2v) is 7.05. The second kappa shape index (κ2) is 8.35. The first kappa shape index (κ1) is 19.5. The Bertz CT molecular complexity index is 1370. The molecule has 1 amide bonds. The molecule has 0 atom stereocenters. The molecular weight excluding hydrogens is 408 g/mol. The third-order valence-corrected chi connectivity index (χ3v) is 5.02. The van der Waals surface area contributed by atoms with E-state index in [0.29, 0.717) is 40.4 Å². The maximum atomic E-state index is 12.7. The molecule has 8 nitrogen and oxygen atoms in total. The molecule has 8 heteroatoms. The van der Waals surface area contributed by atoms with Crippen molar-refractivity contribution in [3.05, 3.63) is 84.4 Å². The predicted octanol–water partition coefficient (Wildman–Crippen LogP) is 4.48. The summed E-state index contributed by atoms with van der Waals surface area (Å²) in [6.45, 7) is 0.407. The van der Waals surface area contributed by atoms with Crippen LogP contribution in [0.4, 0.5) is 0 Å². The fourth-order valence-corrected chi connectivity index (χ4v) is 3.30. The van der Waals surface area contributed by atoms with Gasteiger partial charge in [0.15, 0.2) is 5.58 Å². The molecule has 1 N–H and O–H groups in total. The van der Waals surface area contributed by atoms with E-state index in [1.807, 2.05) is 36.4 Å². The van der Waals surface area contributed by atoms with Gasteiger partial charge in [0.25, 0.3) is 5.91 Å². The molecule has 0 saturated heterocycles. The normalized spacial score (nSPS) is 10.9. The molecule has 5 rings (SSSR count). The summed E-state index contributed by atoms with van der Waals surface area (Å²) < 4.78 is 16.3. The van der Waals surface area contributed by atoms with Crippen LogP contribution < -0.4 is 10.1 Å². The smallest absolute Gasteiger partial charge is 0.251 e. The van der Waals surface area contributed by atoms with E-state index in [-0.39, 0.29) is 5.91 Å². The fourth-order valence-electron chi connectivity index (χ4n) is 3.30. The van der Waals surface area contributed by atoms with Gasteiger partial charge in [-0.3, -0.25) is 9.78 Å². The Balaban J connectivity index is 1.40. The first-order valence-electron chi connectivity index (χ1n) is 9.88. The maximum Gasteiger partial charge on any atom is 0.251 e. The van der Waals surface area contributed by atoms with Crippen LogP contribution >= 0.6 is 0 Å². The highest BCUT2D eigenvalue weighted by Gasteiger charge is 2.17. The van der Waals surface area contributed by atoms with Crippen LogP contribution in [-0.4, -0.2) is 28.1 Å². The molecule has 32 heavy (non-hydrogen) atoms. The molecule has 0 aliphatic carbocycles. The zero-order chi connectivity index (χ0) is 21.9. The zero-order valence-electron chi connectivity index (χ0n) is 17.1. The molecular formula is C24H18N4O4. The largest absolute Gasteiger partial charge is 0.497 e. The lowest BCUT2D eigenvalue weighted by molar-refractivity contribution is 0.0951. The number of ether oxygens (including phenoxy) is 1. The van der Waals surface area contributed by atoms with Crippen LogP contribution in [0.3, 0.4) is 0 Å². The molecule has 158 valence electrons. The van der Waals surface area contributed by atoms with Crippen LogP contribution in [0.25, 0.3) is 33.8 Å². The Kier molecular flexibility index (Phi) is 5.09. The van der Waals surface area contributed by atoms with Gasteiger partial charge in [0.05, 0.1) is 12.5 Å². The van der Waals surface area contributed by atoms with E-state index in [1.54, 1.807) is 37.7 Å². The number of nitrogens with zero attached hydrogens (tertiary/aromatic N) is 3. The quantitative estimate of drug-likeness (QED) is 0.427. The number of aromatic nitrogens is 3. The number of hydrogen-bond donors (Lipinski definition) is 1. The van der Waals surface area contributed by atoms with Gasteiger partial charge in [-0.1, -0.05) is 5.16 Å². The van der Waals surface area contributed by atoms with Crippen molar-refractivity contribution >= 4 is 16.9 Å². The monoisotopic (exact) mass is 426 g/mol. The van der Waals surface area contributed by atoms with Crippen molar-refractivity contribution in [2.45, 2.75) is 6.54 Å². The molecule has 0 spiro atoms. The lowest BCUT2D eigenvalue weighted by atomic mass is 10.1. The average molecular weight is 426 g/mol. The van der Waals surface area contributed by atoms with Gasteiger partial charge < -0.3 is 19.0 Å². The van der Waals surface area contributed by atoms with E-state index < -0.39 is 0 Å². The second-order valence-electron chi connectivity index (χ2n) is 7.05. The summed E-state index contributed by atoms with van der Waals surface area (Å²) in [6, 6.07) is 16.3. The van der Waals surface area contributed by atoms with Crippen LogP contribution in [0.2, 0.25) is 0 Å².